The van der Waals surface area contributed by atoms with Crippen molar-refractivity contribution in [2.24, 2.45) is 0 Å². The highest BCUT2D eigenvalue weighted by Crippen LogP contribution is 2.22. The van der Waals surface area contributed by atoms with Crippen LogP contribution in [0.2, 0.25) is 0 Å². The Balaban J connectivity index is 1.56. The van der Waals surface area contributed by atoms with Crippen LogP contribution >= 0.6 is 0 Å². The molecule has 0 amide bonds. The van der Waals surface area contributed by atoms with Gasteiger partial charge in [-0.05, 0) is 58.8 Å². The van der Waals surface area contributed by atoms with E-state index in [9.17, 15) is 0 Å². The Morgan fingerprint density at radius 3 is 2.65 bits per heavy atom. The minimum absolute atomic E-state index is 0.690. The summed E-state index contributed by atoms with van der Waals surface area (Å²) in [6, 6.07) is 6.61. The molecule has 1 saturated carbocycles. The third-order valence-electron chi connectivity index (χ3n) is 5.46. The predicted octanol–water partition coefficient (Wildman–Crippen LogP) is 4.22. The fourth-order valence-corrected chi connectivity index (χ4v) is 3.65. The Morgan fingerprint density at radius 2 is 1.92 bits per heavy atom. The molecule has 0 spiro atoms. The number of hydrogen-bond acceptors (Lipinski definition) is 5. The van der Waals surface area contributed by atoms with Gasteiger partial charge in [0.25, 0.3) is 0 Å². The minimum Gasteiger partial charge on any atom is -0.370 e. The lowest BCUT2D eigenvalue weighted by atomic mass is 9.94. The molecule has 5 heteroatoms. The first-order chi connectivity index (χ1) is 12.6. The molecule has 0 aromatic carbocycles. The van der Waals surface area contributed by atoms with Gasteiger partial charge in [-0.2, -0.15) is 0 Å². The second kappa shape index (κ2) is 9.08. The number of hydrogen-bond donors (Lipinski definition) is 1. The van der Waals surface area contributed by atoms with Gasteiger partial charge in [0.05, 0.1) is 0 Å². The quantitative estimate of drug-likeness (QED) is 0.755. The van der Waals surface area contributed by atoms with Gasteiger partial charge in [-0.25, -0.2) is 9.97 Å². The molecular formula is C21H31N5. The Bertz CT molecular complexity index is 695. The van der Waals surface area contributed by atoms with E-state index in [0.29, 0.717) is 5.82 Å². The molecule has 1 fully saturated rings. The first-order valence-corrected chi connectivity index (χ1v) is 9.86. The van der Waals surface area contributed by atoms with Gasteiger partial charge >= 0.3 is 0 Å². The smallest absolute Gasteiger partial charge is 0.180 e. The molecule has 3 rings (SSSR count). The third kappa shape index (κ3) is 4.79. The van der Waals surface area contributed by atoms with Gasteiger partial charge in [0.15, 0.2) is 5.82 Å². The maximum atomic E-state index is 4.71. The van der Waals surface area contributed by atoms with Gasteiger partial charge < -0.3 is 10.2 Å². The summed E-state index contributed by atoms with van der Waals surface area (Å²) in [6.07, 6.45) is 9.82. The van der Waals surface area contributed by atoms with Crippen molar-refractivity contribution in [2.75, 3.05) is 25.5 Å². The standard InChI is InChI=1S/C21H31N5/c1-16-17(2)24-21(19-12-7-8-13-22-19)25-20(16)23-14-9-15-26(3)18-10-5-4-6-11-18/h7-8,12-13,18H,4-6,9-11,14-15H2,1-3H3,(H,23,24,25). The van der Waals surface area contributed by atoms with Crippen LogP contribution in [-0.4, -0.2) is 46.0 Å². The van der Waals surface area contributed by atoms with Crippen LogP contribution in [0.15, 0.2) is 24.4 Å². The van der Waals surface area contributed by atoms with Gasteiger partial charge in [-0.3, -0.25) is 4.98 Å². The molecule has 2 aromatic rings. The highest BCUT2D eigenvalue weighted by molar-refractivity contribution is 5.56. The van der Waals surface area contributed by atoms with Crippen LogP contribution in [0.25, 0.3) is 11.5 Å². The molecule has 0 radical (unpaired) electrons. The summed E-state index contributed by atoms with van der Waals surface area (Å²) < 4.78 is 0. The second-order valence-corrected chi connectivity index (χ2v) is 7.37. The molecule has 0 bridgehead atoms. The Labute approximate surface area is 157 Å². The molecule has 0 aliphatic heterocycles. The van der Waals surface area contributed by atoms with E-state index >= 15 is 0 Å². The summed E-state index contributed by atoms with van der Waals surface area (Å²) in [6.45, 7) is 6.17. The van der Waals surface area contributed by atoms with Crippen molar-refractivity contribution < 1.29 is 0 Å². The van der Waals surface area contributed by atoms with E-state index in [1.165, 1.54) is 32.1 Å². The number of pyridine rings is 1. The maximum absolute atomic E-state index is 4.71. The molecule has 1 aliphatic rings. The van der Waals surface area contributed by atoms with Crippen LogP contribution < -0.4 is 5.32 Å². The fourth-order valence-electron chi connectivity index (χ4n) is 3.65. The van der Waals surface area contributed by atoms with E-state index < -0.39 is 0 Å². The van der Waals surface area contributed by atoms with Crippen molar-refractivity contribution in [1.29, 1.82) is 0 Å². The number of aryl methyl sites for hydroxylation is 1. The zero-order valence-corrected chi connectivity index (χ0v) is 16.3. The van der Waals surface area contributed by atoms with Crippen molar-refractivity contribution in [1.82, 2.24) is 19.9 Å². The van der Waals surface area contributed by atoms with E-state index in [4.69, 9.17) is 4.98 Å². The Kier molecular flexibility index (Phi) is 6.56. The number of nitrogens with one attached hydrogen (secondary N) is 1. The monoisotopic (exact) mass is 353 g/mol. The minimum atomic E-state index is 0.690. The summed E-state index contributed by atoms with van der Waals surface area (Å²) in [7, 11) is 2.27. The number of anilines is 1. The summed E-state index contributed by atoms with van der Waals surface area (Å²) in [5, 5.41) is 3.52. The van der Waals surface area contributed by atoms with Crippen LogP contribution in [0.4, 0.5) is 5.82 Å². The average Bonchev–Trinajstić information content (AvgIpc) is 2.69. The average molecular weight is 354 g/mol. The van der Waals surface area contributed by atoms with E-state index in [1.807, 2.05) is 25.1 Å². The fraction of sp³-hybridized carbons (Fsp3) is 0.571. The van der Waals surface area contributed by atoms with Gasteiger partial charge in [-0.15, -0.1) is 0 Å². The Morgan fingerprint density at radius 1 is 1.12 bits per heavy atom. The third-order valence-corrected chi connectivity index (χ3v) is 5.46. The van der Waals surface area contributed by atoms with Crippen LogP contribution in [-0.2, 0) is 0 Å². The van der Waals surface area contributed by atoms with Crippen LogP contribution in [0.3, 0.4) is 0 Å². The summed E-state index contributed by atoms with van der Waals surface area (Å²) >= 11 is 0. The summed E-state index contributed by atoms with van der Waals surface area (Å²) in [5.74, 6) is 1.62. The normalized spacial score (nSPS) is 15.4. The Hall–Kier alpha value is -2.01. The van der Waals surface area contributed by atoms with Crippen LogP contribution in [0.1, 0.15) is 49.8 Å². The summed E-state index contributed by atoms with van der Waals surface area (Å²) in [5.41, 5.74) is 2.93. The van der Waals surface area contributed by atoms with Crippen molar-refractivity contribution in [3.05, 3.63) is 35.7 Å². The van der Waals surface area contributed by atoms with Gasteiger partial charge in [0, 0.05) is 30.0 Å². The molecule has 140 valence electrons. The molecule has 1 N–H and O–H groups in total. The molecule has 0 atom stereocenters. The highest BCUT2D eigenvalue weighted by atomic mass is 15.1. The molecule has 0 unspecified atom stereocenters. The van der Waals surface area contributed by atoms with E-state index in [1.54, 1.807) is 6.20 Å². The molecular weight excluding hydrogens is 322 g/mol. The molecule has 0 saturated heterocycles. The van der Waals surface area contributed by atoms with Crippen molar-refractivity contribution in [3.8, 4) is 11.5 Å². The van der Waals surface area contributed by atoms with Gasteiger partial charge in [0.2, 0.25) is 0 Å². The molecule has 1 aliphatic carbocycles. The lowest BCUT2D eigenvalue weighted by molar-refractivity contribution is 0.191. The highest BCUT2D eigenvalue weighted by Gasteiger charge is 2.17. The van der Waals surface area contributed by atoms with Gasteiger partial charge in [0.1, 0.15) is 11.5 Å². The van der Waals surface area contributed by atoms with Crippen molar-refractivity contribution >= 4 is 5.82 Å². The van der Waals surface area contributed by atoms with E-state index in [2.05, 4.69) is 34.2 Å². The number of rotatable bonds is 7. The molecule has 5 nitrogen and oxygen atoms in total. The number of nitrogens with zero attached hydrogens (tertiary/aromatic N) is 4. The first-order valence-electron chi connectivity index (χ1n) is 9.86. The van der Waals surface area contributed by atoms with Gasteiger partial charge in [-0.1, -0.05) is 25.3 Å². The van der Waals surface area contributed by atoms with Crippen molar-refractivity contribution in [2.45, 2.75) is 58.4 Å². The zero-order chi connectivity index (χ0) is 18.4. The summed E-state index contributed by atoms with van der Waals surface area (Å²) in [4.78, 5) is 16.2. The number of aromatic nitrogens is 3. The molecule has 2 heterocycles. The molecule has 2 aromatic heterocycles. The molecule has 26 heavy (non-hydrogen) atoms. The maximum Gasteiger partial charge on any atom is 0.180 e. The second-order valence-electron chi connectivity index (χ2n) is 7.37. The van der Waals surface area contributed by atoms with E-state index in [-0.39, 0.29) is 0 Å². The topological polar surface area (TPSA) is 53.9 Å². The van der Waals surface area contributed by atoms with Crippen molar-refractivity contribution in [3.63, 3.8) is 0 Å². The van der Waals surface area contributed by atoms with E-state index in [0.717, 1.165) is 48.3 Å². The SMILES string of the molecule is Cc1nc(-c2ccccn2)nc(NCCCN(C)C2CCCCC2)c1C. The van der Waals surface area contributed by atoms with Crippen LogP contribution in [0, 0.1) is 13.8 Å². The first kappa shape index (κ1) is 18.8. The predicted molar refractivity (Wildman–Crippen MR) is 107 cm³/mol. The van der Waals surface area contributed by atoms with Crippen LogP contribution in [0.5, 0.6) is 0 Å². The largest absolute Gasteiger partial charge is 0.370 e. The zero-order valence-electron chi connectivity index (χ0n) is 16.3. The lowest BCUT2D eigenvalue weighted by Crippen LogP contribution is -2.34. The lowest BCUT2D eigenvalue weighted by Gasteiger charge is -2.31.